The van der Waals surface area contributed by atoms with E-state index >= 15 is 0 Å². The fraction of sp³-hybridized carbons (Fsp3) is 0.167. The third kappa shape index (κ3) is 10.5. The lowest BCUT2D eigenvalue weighted by molar-refractivity contribution is -0.116. The average Bonchev–Trinajstić information content (AvgIpc) is 3.18. The van der Waals surface area contributed by atoms with E-state index in [0.29, 0.717) is 40.6 Å². The number of benzene rings is 5. The molecule has 3 N–H and O–H groups in total. The van der Waals surface area contributed by atoms with Crippen molar-refractivity contribution in [1.82, 2.24) is 5.32 Å². The first kappa shape index (κ1) is 37.3. The van der Waals surface area contributed by atoms with Crippen LogP contribution in [0.4, 0.5) is 11.4 Å². The van der Waals surface area contributed by atoms with Gasteiger partial charge in [0, 0.05) is 27.4 Å². The molecule has 0 aliphatic heterocycles. The Morgan fingerprint density at radius 3 is 2.02 bits per heavy atom. The van der Waals surface area contributed by atoms with Gasteiger partial charge >= 0.3 is 0 Å². The summed E-state index contributed by atoms with van der Waals surface area (Å²) in [6.45, 7) is 2.77. The lowest BCUT2D eigenvalue weighted by atomic mass is 10.1. The van der Waals surface area contributed by atoms with Gasteiger partial charge in [0.1, 0.15) is 28.2 Å². The molecule has 0 aliphatic carbocycles. The highest BCUT2D eigenvalue weighted by atomic mass is 32.2. The number of carbonyl (C=O) groups is 3. The van der Waals surface area contributed by atoms with Gasteiger partial charge in [0.15, 0.2) is 0 Å². The van der Waals surface area contributed by atoms with Crippen molar-refractivity contribution in [3.63, 3.8) is 0 Å². The number of rotatable bonds is 16. The molecule has 0 saturated heterocycles. The van der Waals surface area contributed by atoms with Crippen molar-refractivity contribution in [1.29, 1.82) is 0 Å². The molecule has 52 heavy (non-hydrogen) atoms. The number of anilines is 2. The number of nitrogens with one attached hydrogen (secondary N) is 3. The maximum Gasteiger partial charge on any atom is 0.272 e. The zero-order chi connectivity index (χ0) is 36.7. The Kier molecular flexibility index (Phi) is 13.5. The van der Waals surface area contributed by atoms with Gasteiger partial charge in [0.25, 0.3) is 11.8 Å². The van der Waals surface area contributed by atoms with Crippen molar-refractivity contribution in [2.24, 2.45) is 0 Å². The Morgan fingerprint density at radius 2 is 1.37 bits per heavy atom. The zero-order valence-electron chi connectivity index (χ0n) is 29.3. The monoisotopic (exact) mass is 715 g/mol. The van der Waals surface area contributed by atoms with Crippen LogP contribution in [-0.2, 0) is 9.59 Å². The third-order valence-electron chi connectivity index (χ3n) is 7.86. The fourth-order valence-corrected chi connectivity index (χ4v) is 6.10. The summed E-state index contributed by atoms with van der Waals surface area (Å²) in [7, 11) is 3.06. The second-order valence-corrected chi connectivity index (χ2v) is 12.8. The Morgan fingerprint density at radius 1 is 0.731 bits per heavy atom. The maximum absolute atomic E-state index is 13.7. The third-order valence-corrected chi connectivity index (χ3v) is 9.13. The molecular weight excluding hydrogens is 675 g/mol. The molecule has 3 amide bonds. The first-order valence-corrected chi connectivity index (χ1v) is 17.7. The van der Waals surface area contributed by atoms with Crippen molar-refractivity contribution < 1.29 is 28.6 Å². The largest absolute Gasteiger partial charge is 0.497 e. The molecule has 0 radical (unpaired) electrons. The SMILES string of the molecule is CCCCOc1ccc(NC(=O)C(Sc2ccc(NC(=O)/C(=C/c3cc(OC)ccc3OC)NC(=O)c3ccccc3)cc2)c2ccccc2)cc1. The minimum absolute atomic E-state index is 0.000208. The van der Waals surface area contributed by atoms with Gasteiger partial charge in [-0.3, -0.25) is 14.4 Å². The minimum atomic E-state index is -0.553. The molecule has 0 saturated carbocycles. The lowest BCUT2D eigenvalue weighted by Gasteiger charge is -2.18. The van der Waals surface area contributed by atoms with Crippen molar-refractivity contribution >= 4 is 46.9 Å². The smallest absolute Gasteiger partial charge is 0.272 e. The van der Waals surface area contributed by atoms with Crippen LogP contribution in [0.3, 0.4) is 0 Å². The Labute approximate surface area is 308 Å². The maximum atomic E-state index is 13.7. The highest BCUT2D eigenvalue weighted by Gasteiger charge is 2.23. The molecule has 10 heteroatoms. The van der Waals surface area contributed by atoms with Crippen LogP contribution in [0.15, 0.2) is 138 Å². The molecule has 0 aliphatic rings. The first-order valence-electron chi connectivity index (χ1n) is 16.8. The standard InChI is InChI=1S/C42H41N3O6S/c1-4-5-26-51-34-20-16-32(17-21-34)44-42(48)39(29-12-8-6-9-13-29)52-36-23-18-33(19-24-36)43-41(47)37(45-40(46)30-14-10-7-11-15-30)28-31-27-35(49-2)22-25-38(31)50-3/h6-25,27-28,39H,4-5,26H2,1-3H3,(H,43,47)(H,44,48)(H,45,46)/b37-28-. The van der Waals surface area contributed by atoms with E-state index in [0.717, 1.165) is 29.1 Å². The summed E-state index contributed by atoms with van der Waals surface area (Å²) in [5, 5.41) is 8.12. The molecule has 5 aromatic rings. The van der Waals surface area contributed by atoms with Crippen LogP contribution in [0.1, 0.15) is 46.5 Å². The van der Waals surface area contributed by atoms with Gasteiger partial charge in [-0.1, -0.05) is 61.9 Å². The number of thioether (sulfide) groups is 1. The van der Waals surface area contributed by atoms with Gasteiger partial charge in [-0.25, -0.2) is 0 Å². The fourth-order valence-electron chi connectivity index (χ4n) is 5.08. The number of hydrogen-bond acceptors (Lipinski definition) is 7. The Balaban J connectivity index is 1.32. The molecular formula is C42H41N3O6S. The summed E-state index contributed by atoms with van der Waals surface area (Å²) in [4.78, 5) is 41.3. The van der Waals surface area contributed by atoms with Crippen molar-refractivity contribution in [3.8, 4) is 17.2 Å². The van der Waals surface area contributed by atoms with Gasteiger partial charge in [-0.05, 0) is 96.9 Å². The van der Waals surface area contributed by atoms with E-state index in [1.54, 1.807) is 67.8 Å². The summed E-state index contributed by atoms with van der Waals surface area (Å²) in [6, 6.07) is 37.9. The van der Waals surface area contributed by atoms with Crippen LogP contribution in [0, 0.1) is 0 Å². The molecule has 5 rings (SSSR count). The predicted octanol–water partition coefficient (Wildman–Crippen LogP) is 8.76. The Bertz CT molecular complexity index is 1970. The molecule has 0 bridgehead atoms. The van der Waals surface area contributed by atoms with Gasteiger partial charge in [-0.15, -0.1) is 11.8 Å². The number of ether oxygens (including phenoxy) is 3. The minimum Gasteiger partial charge on any atom is -0.497 e. The normalized spacial score (nSPS) is 11.6. The molecule has 5 aromatic carbocycles. The van der Waals surface area contributed by atoms with Gasteiger partial charge in [-0.2, -0.15) is 0 Å². The van der Waals surface area contributed by atoms with Crippen LogP contribution < -0.4 is 30.2 Å². The number of methoxy groups -OCH3 is 2. The molecule has 1 atom stereocenters. The van der Waals surface area contributed by atoms with E-state index in [4.69, 9.17) is 14.2 Å². The van der Waals surface area contributed by atoms with Crippen molar-refractivity contribution in [3.05, 3.63) is 150 Å². The molecule has 9 nitrogen and oxygen atoms in total. The van der Waals surface area contributed by atoms with Crippen LogP contribution in [0.25, 0.3) is 6.08 Å². The van der Waals surface area contributed by atoms with Gasteiger partial charge in [0.05, 0.1) is 20.8 Å². The second kappa shape index (κ2) is 18.8. The summed E-state index contributed by atoms with van der Waals surface area (Å²) in [5.74, 6) is 0.642. The second-order valence-electron chi connectivity index (χ2n) is 11.6. The summed E-state index contributed by atoms with van der Waals surface area (Å²) in [5.41, 5.74) is 2.94. The highest BCUT2D eigenvalue weighted by Crippen LogP contribution is 2.37. The van der Waals surface area contributed by atoms with Crippen LogP contribution in [0.5, 0.6) is 17.2 Å². The molecule has 0 aromatic heterocycles. The Hall–Kier alpha value is -6.00. The van der Waals surface area contributed by atoms with Crippen molar-refractivity contribution in [2.75, 3.05) is 31.5 Å². The van der Waals surface area contributed by atoms with E-state index < -0.39 is 17.1 Å². The van der Waals surface area contributed by atoms with Crippen molar-refractivity contribution in [2.45, 2.75) is 29.9 Å². The van der Waals surface area contributed by atoms with Crippen LogP contribution >= 0.6 is 11.8 Å². The average molecular weight is 716 g/mol. The number of amides is 3. The van der Waals surface area contributed by atoms with E-state index in [1.165, 1.54) is 24.9 Å². The first-order chi connectivity index (χ1) is 25.4. The van der Waals surface area contributed by atoms with E-state index in [2.05, 4.69) is 22.9 Å². The van der Waals surface area contributed by atoms with E-state index in [9.17, 15) is 14.4 Å². The molecule has 0 fully saturated rings. The summed E-state index contributed by atoms with van der Waals surface area (Å²) < 4.78 is 16.6. The molecule has 0 heterocycles. The van der Waals surface area contributed by atoms with E-state index in [-0.39, 0.29) is 11.6 Å². The number of unbranched alkanes of at least 4 members (excludes halogenated alkanes) is 1. The van der Waals surface area contributed by atoms with E-state index in [1.807, 2.05) is 66.7 Å². The number of carbonyl (C=O) groups excluding carboxylic acids is 3. The summed E-state index contributed by atoms with van der Waals surface area (Å²) in [6.07, 6.45) is 3.57. The lowest BCUT2D eigenvalue weighted by Crippen LogP contribution is -2.30. The molecule has 0 spiro atoms. The topological polar surface area (TPSA) is 115 Å². The number of hydrogen-bond donors (Lipinski definition) is 3. The molecule has 1 unspecified atom stereocenters. The quantitative estimate of drug-likeness (QED) is 0.0532. The van der Waals surface area contributed by atoms with Gasteiger partial charge in [0.2, 0.25) is 5.91 Å². The van der Waals surface area contributed by atoms with Gasteiger partial charge < -0.3 is 30.2 Å². The highest BCUT2D eigenvalue weighted by molar-refractivity contribution is 8.00. The molecule has 266 valence electrons. The predicted molar refractivity (Wildman–Crippen MR) is 207 cm³/mol. The van der Waals surface area contributed by atoms with Crippen LogP contribution in [0.2, 0.25) is 0 Å². The van der Waals surface area contributed by atoms with Crippen LogP contribution in [-0.4, -0.2) is 38.5 Å². The zero-order valence-corrected chi connectivity index (χ0v) is 30.1. The summed E-state index contributed by atoms with van der Waals surface area (Å²) >= 11 is 1.39.